The monoisotopic (exact) mass is 401 g/mol. The van der Waals surface area contributed by atoms with Crippen molar-refractivity contribution in [1.82, 2.24) is 5.43 Å². The fraction of sp³-hybridized carbons (Fsp3) is 0.350. The Morgan fingerprint density at radius 2 is 2.04 bits per heavy atom. The fourth-order valence-corrected chi connectivity index (χ4v) is 4.41. The first-order valence-corrected chi connectivity index (χ1v) is 10.0. The highest BCUT2D eigenvalue weighted by molar-refractivity contribution is 7.17. The molecule has 28 heavy (non-hydrogen) atoms. The van der Waals surface area contributed by atoms with E-state index in [1.165, 1.54) is 24.7 Å². The third kappa shape index (κ3) is 4.51. The number of esters is 1. The van der Waals surface area contributed by atoms with Gasteiger partial charge in [0.05, 0.1) is 25.5 Å². The predicted molar refractivity (Wildman–Crippen MR) is 110 cm³/mol. The van der Waals surface area contributed by atoms with Gasteiger partial charge in [0.15, 0.2) is 0 Å². The summed E-state index contributed by atoms with van der Waals surface area (Å²) in [6.45, 7) is 2.44. The number of carbonyl (C=O) groups is 2. The number of aryl methyl sites for hydroxylation is 1. The summed E-state index contributed by atoms with van der Waals surface area (Å²) in [6.07, 6.45) is 5.38. The number of urea groups is 1. The van der Waals surface area contributed by atoms with Gasteiger partial charge < -0.3 is 9.47 Å². The van der Waals surface area contributed by atoms with Crippen LogP contribution in [-0.4, -0.2) is 31.9 Å². The number of carbonyl (C=O) groups excluding carboxylic acids is 2. The van der Waals surface area contributed by atoms with Crippen molar-refractivity contribution in [2.24, 2.45) is 5.10 Å². The molecule has 7 nitrogen and oxygen atoms in total. The van der Waals surface area contributed by atoms with Crippen molar-refractivity contribution in [1.29, 1.82) is 0 Å². The van der Waals surface area contributed by atoms with Gasteiger partial charge in [0.1, 0.15) is 10.8 Å². The molecular weight excluding hydrogens is 378 g/mol. The molecule has 0 spiro atoms. The van der Waals surface area contributed by atoms with Gasteiger partial charge >= 0.3 is 12.0 Å². The first-order chi connectivity index (χ1) is 13.6. The van der Waals surface area contributed by atoms with Gasteiger partial charge in [-0.1, -0.05) is 12.1 Å². The molecule has 1 aromatic heterocycles. The number of benzene rings is 1. The van der Waals surface area contributed by atoms with Crippen molar-refractivity contribution < 1.29 is 19.1 Å². The van der Waals surface area contributed by atoms with Crippen LogP contribution in [0.3, 0.4) is 0 Å². The molecule has 0 aliphatic heterocycles. The van der Waals surface area contributed by atoms with Crippen molar-refractivity contribution in [2.75, 3.05) is 19.0 Å². The minimum atomic E-state index is -0.520. The van der Waals surface area contributed by atoms with Crippen LogP contribution in [0.25, 0.3) is 0 Å². The van der Waals surface area contributed by atoms with Crippen LogP contribution in [-0.2, 0) is 17.6 Å². The molecule has 0 saturated carbocycles. The smallest absolute Gasteiger partial charge is 0.341 e. The van der Waals surface area contributed by atoms with E-state index in [-0.39, 0.29) is 0 Å². The molecule has 148 valence electrons. The number of hydrogen-bond donors (Lipinski definition) is 2. The number of nitrogens with one attached hydrogen (secondary N) is 2. The van der Waals surface area contributed by atoms with Gasteiger partial charge in [-0.25, -0.2) is 15.0 Å². The minimum absolute atomic E-state index is 0.427. The second-order valence-corrected chi connectivity index (χ2v) is 7.31. The summed E-state index contributed by atoms with van der Waals surface area (Å²) < 4.78 is 10.4. The number of para-hydroxylation sites is 1. The van der Waals surface area contributed by atoms with Crippen molar-refractivity contribution in [3.05, 3.63) is 45.8 Å². The van der Waals surface area contributed by atoms with Gasteiger partial charge in [-0.05, 0) is 50.3 Å². The first kappa shape index (κ1) is 19.9. The molecule has 2 N–H and O–H groups in total. The number of nitrogens with zero attached hydrogens (tertiary/aromatic N) is 1. The van der Waals surface area contributed by atoms with E-state index in [1.807, 2.05) is 31.2 Å². The van der Waals surface area contributed by atoms with E-state index >= 15 is 0 Å². The quantitative estimate of drug-likeness (QED) is 0.435. The predicted octanol–water partition coefficient (Wildman–Crippen LogP) is 3.97. The highest BCUT2D eigenvalue weighted by Crippen LogP contribution is 2.38. The molecule has 0 saturated heterocycles. The van der Waals surface area contributed by atoms with Gasteiger partial charge in [-0.2, -0.15) is 5.10 Å². The molecule has 2 aromatic rings. The molecule has 8 heteroatoms. The van der Waals surface area contributed by atoms with Crippen LogP contribution in [0.15, 0.2) is 29.4 Å². The Hall–Kier alpha value is -2.87. The maximum atomic E-state index is 12.3. The summed E-state index contributed by atoms with van der Waals surface area (Å²) in [5.74, 6) is 0.263. The largest absolute Gasteiger partial charge is 0.493 e. The van der Waals surface area contributed by atoms with Gasteiger partial charge in [-0.15, -0.1) is 11.3 Å². The Kier molecular flexibility index (Phi) is 6.65. The molecule has 3 rings (SSSR count). The summed E-state index contributed by atoms with van der Waals surface area (Å²) in [7, 11) is 1.35. The molecule has 1 aromatic carbocycles. The Bertz CT molecular complexity index is 892. The molecular formula is C20H23N3O4S. The number of hydrogen-bond acceptors (Lipinski definition) is 6. The number of rotatable bonds is 6. The second-order valence-electron chi connectivity index (χ2n) is 6.20. The molecule has 0 fully saturated rings. The van der Waals surface area contributed by atoms with E-state index in [9.17, 15) is 9.59 Å². The van der Waals surface area contributed by atoms with Crippen LogP contribution in [0.4, 0.5) is 9.80 Å². The topological polar surface area (TPSA) is 89.0 Å². The summed E-state index contributed by atoms with van der Waals surface area (Å²) in [5.41, 5.74) is 4.64. The number of amides is 2. The summed E-state index contributed by atoms with van der Waals surface area (Å²) in [5, 5.41) is 7.21. The van der Waals surface area contributed by atoms with Crippen molar-refractivity contribution >= 4 is 34.6 Å². The molecule has 1 aliphatic carbocycles. The van der Waals surface area contributed by atoms with E-state index < -0.39 is 12.0 Å². The van der Waals surface area contributed by atoms with Crippen LogP contribution in [0.1, 0.15) is 46.1 Å². The molecule has 0 atom stereocenters. The van der Waals surface area contributed by atoms with Crippen molar-refractivity contribution in [2.45, 2.75) is 32.6 Å². The van der Waals surface area contributed by atoms with Gasteiger partial charge in [0, 0.05) is 10.4 Å². The lowest BCUT2D eigenvalue weighted by molar-refractivity contribution is 0.0601. The maximum Gasteiger partial charge on any atom is 0.341 e. The Morgan fingerprint density at radius 1 is 1.25 bits per heavy atom. The molecule has 0 unspecified atom stereocenters. The lowest BCUT2D eigenvalue weighted by Crippen LogP contribution is -2.25. The highest BCUT2D eigenvalue weighted by Gasteiger charge is 2.26. The van der Waals surface area contributed by atoms with Crippen molar-refractivity contribution in [3.8, 4) is 5.75 Å². The van der Waals surface area contributed by atoms with E-state index in [0.29, 0.717) is 22.9 Å². The second kappa shape index (κ2) is 9.36. The van der Waals surface area contributed by atoms with Crippen LogP contribution in [0.2, 0.25) is 0 Å². The number of fused-ring (bicyclic) bond motifs is 1. The van der Waals surface area contributed by atoms with E-state index in [4.69, 9.17) is 9.47 Å². The zero-order valence-corrected chi connectivity index (χ0v) is 16.7. The van der Waals surface area contributed by atoms with Crippen LogP contribution < -0.4 is 15.5 Å². The lowest BCUT2D eigenvalue weighted by Gasteiger charge is -2.11. The summed E-state index contributed by atoms with van der Waals surface area (Å²) >= 11 is 1.43. The lowest BCUT2D eigenvalue weighted by atomic mass is 9.95. The SMILES string of the molecule is CCOc1ccccc1/C=N/NC(=O)Nc1sc2c(c1C(=O)OC)CCCC2. The average Bonchev–Trinajstić information content (AvgIpc) is 3.06. The van der Waals surface area contributed by atoms with Gasteiger partial charge in [0.25, 0.3) is 0 Å². The van der Waals surface area contributed by atoms with Gasteiger partial charge in [-0.3, -0.25) is 5.32 Å². The molecule has 0 radical (unpaired) electrons. The van der Waals surface area contributed by atoms with Crippen LogP contribution >= 0.6 is 11.3 Å². The van der Waals surface area contributed by atoms with E-state index in [2.05, 4.69) is 15.8 Å². The minimum Gasteiger partial charge on any atom is -0.493 e. The maximum absolute atomic E-state index is 12.3. The van der Waals surface area contributed by atoms with Crippen molar-refractivity contribution in [3.63, 3.8) is 0 Å². The summed E-state index contributed by atoms with van der Waals surface area (Å²) in [6, 6.07) is 6.90. The summed E-state index contributed by atoms with van der Waals surface area (Å²) in [4.78, 5) is 25.6. The van der Waals surface area contributed by atoms with E-state index in [0.717, 1.165) is 41.7 Å². The molecule has 1 heterocycles. The zero-order chi connectivity index (χ0) is 19.9. The standard InChI is InChI=1S/C20H23N3O4S/c1-3-27-15-10-6-4-8-13(15)12-21-23-20(25)22-18-17(19(24)26-2)14-9-5-7-11-16(14)28-18/h4,6,8,10,12H,3,5,7,9,11H2,1-2H3,(H2,22,23,25)/b21-12+. The normalized spacial score (nSPS) is 13.1. The Balaban J connectivity index is 1.70. The first-order valence-electron chi connectivity index (χ1n) is 9.18. The average molecular weight is 401 g/mol. The number of hydrazone groups is 1. The number of anilines is 1. The Morgan fingerprint density at radius 3 is 2.82 bits per heavy atom. The molecule has 2 amide bonds. The van der Waals surface area contributed by atoms with Crippen LogP contribution in [0, 0.1) is 0 Å². The highest BCUT2D eigenvalue weighted by atomic mass is 32.1. The third-order valence-electron chi connectivity index (χ3n) is 4.38. The van der Waals surface area contributed by atoms with E-state index in [1.54, 1.807) is 0 Å². The third-order valence-corrected chi connectivity index (χ3v) is 5.58. The molecule has 0 bridgehead atoms. The fourth-order valence-electron chi connectivity index (χ4n) is 3.14. The number of methoxy groups -OCH3 is 1. The Labute approximate surface area is 167 Å². The van der Waals surface area contributed by atoms with Crippen LogP contribution in [0.5, 0.6) is 5.75 Å². The van der Waals surface area contributed by atoms with Gasteiger partial charge in [0.2, 0.25) is 0 Å². The molecule has 1 aliphatic rings. The zero-order valence-electron chi connectivity index (χ0n) is 15.9. The number of ether oxygens (including phenoxy) is 2. The number of thiophene rings is 1.